The van der Waals surface area contributed by atoms with Crippen LogP contribution in [0.1, 0.15) is 33.1 Å². The molecule has 0 aliphatic rings. The van der Waals surface area contributed by atoms with Gasteiger partial charge in [-0.3, -0.25) is 0 Å². The number of alkyl halides is 1. The van der Waals surface area contributed by atoms with Gasteiger partial charge >= 0.3 is 0 Å². The fourth-order valence-electron chi connectivity index (χ4n) is 1.13. The molecule has 0 aliphatic carbocycles. The minimum absolute atomic E-state index is 0.386. The Labute approximate surface area is 80.1 Å². The number of hydrogen-bond donors (Lipinski definition) is 0. The predicted molar refractivity (Wildman–Crippen MR) is 56.7 cm³/mol. The second-order valence-corrected chi connectivity index (χ2v) is 4.58. The van der Waals surface area contributed by atoms with E-state index >= 15 is 0 Å². The molecule has 0 radical (unpaired) electrons. The van der Waals surface area contributed by atoms with E-state index in [1.165, 1.54) is 18.6 Å². The van der Waals surface area contributed by atoms with E-state index in [0.29, 0.717) is 11.3 Å². The number of hydrogen-bond acceptors (Lipinski definition) is 1. The molecule has 0 saturated carbocycles. The van der Waals surface area contributed by atoms with Crippen molar-refractivity contribution in [3.05, 3.63) is 0 Å². The summed E-state index contributed by atoms with van der Waals surface area (Å²) in [4.78, 5) is 0. The summed E-state index contributed by atoms with van der Waals surface area (Å²) >= 11 is 8.01. The molecule has 0 amide bonds. The van der Waals surface area contributed by atoms with E-state index in [0.717, 1.165) is 6.42 Å². The summed E-state index contributed by atoms with van der Waals surface area (Å²) in [5.41, 5.74) is 0. The summed E-state index contributed by atoms with van der Waals surface area (Å²) in [5.74, 6) is 1.96. The van der Waals surface area contributed by atoms with E-state index < -0.39 is 0 Å². The highest BCUT2D eigenvalue weighted by Crippen LogP contribution is 2.19. The summed E-state index contributed by atoms with van der Waals surface area (Å²) < 4.78 is 0. The molecule has 0 bridgehead atoms. The number of thioether (sulfide) groups is 1. The van der Waals surface area contributed by atoms with Crippen molar-refractivity contribution in [2.75, 3.05) is 12.0 Å². The lowest BCUT2D eigenvalue weighted by Gasteiger charge is -2.15. The Kier molecular flexibility index (Phi) is 7.72. The molecule has 2 unspecified atom stereocenters. The van der Waals surface area contributed by atoms with Crippen LogP contribution < -0.4 is 0 Å². The molecule has 0 spiro atoms. The van der Waals surface area contributed by atoms with Crippen LogP contribution in [-0.4, -0.2) is 17.4 Å². The normalized spacial score (nSPS) is 16.4. The maximum absolute atomic E-state index is 6.09. The lowest BCUT2D eigenvalue weighted by molar-refractivity contribution is 0.490. The van der Waals surface area contributed by atoms with Crippen LogP contribution in [0.5, 0.6) is 0 Å². The van der Waals surface area contributed by atoms with Crippen LogP contribution in [0.2, 0.25) is 0 Å². The Morgan fingerprint density at radius 2 is 2.09 bits per heavy atom. The average Bonchev–Trinajstić information content (AvgIpc) is 2.03. The van der Waals surface area contributed by atoms with Gasteiger partial charge in [0.05, 0.1) is 0 Å². The molecule has 2 heteroatoms. The first-order valence-electron chi connectivity index (χ1n) is 4.35. The lowest BCUT2D eigenvalue weighted by atomic mass is 10.0. The van der Waals surface area contributed by atoms with Crippen LogP contribution in [0.3, 0.4) is 0 Å². The summed E-state index contributed by atoms with van der Waals surface area (Å²) in [6, 6.07) is 0. The van der Waals surface area contributed by atoms with Crippen LogP contribution in [-0.2, 0) is 0 Å². The second-order valence-electron chi connectivity index (χ2n) is 3.04. The van der Waals surface area contributed by atoms with E-state index in [-0.39, 0.29) is 0 Å². The van der Waals surface area contributed by atoms with Crippen LogP contribution in [0.4, 0.5) is 0 Å². The largest absolute Gasteiger partial charge is 0.165 e. The van der Waals surface area contributed by atoms with Crippen molar-refractivity contribution in [2.45, 2.75) is 38.5 Å². The third kappa shape index (κ3) is 5.86. The summed E-state index contributed by atoms with van der Waals surface area (Å²) in [6.45, 7) is 4.41. The number of halogens is 1. The quantitative estimate of drug-likeness (QED) is 0.458. The Morgan fingerprint density at radius 3 is 2.55 bits per heavy atom. The SMILES string of the molecule is CCC(Cl)C(C)CCCSC. The zero-order valence-electron chi connectivity index (χ0n) is 7.77. The van der Waals surface area contributed by atoms with Gasteiger partial charge in [-0.05, 0) is 37.2 Å². The fraction of sp³-hybridized carbons (Fsp3) is 1.00. The molecule has 0 aliphatic heterocycles. The molecule has 0 aromatic carbocycles. The van der Waals surface area contributed by atoms with Gasteiger partial charge in [0, 0.05) is 5.38 Å². The molecular weight excluding hydrogens is 176 g/mol. The van der Waals surface area contributed by atoms with Gasteiger partial charge in [-0.1, -0.05) is 13.8 Å². The molecule has 0 heterocycles. The number of rotatable bonds is 6. The van der Waals surface area contributed by atoms with E-state index in [9.17, 15) is 0 Å². The summed E-state index contributed by atoms with van der Waals surface area (Å²) in [5, 5.41) is 0.386. The first-order valence-corrected chi connectivity index (χ1v) is 6.18. The van der Waals surface area contributed by atoms with Crippen molar-refractivity contribution < 1.29 is 0 Å². The van der Waals surface area contributed by atoms with Crippen molar-refractivity contribution in [3.8, 4) is 0 Å². The van der Waals surface area contributed by atoms with Crippen molar-refractivity contribution in [1.82, 2.24) is 0 Å². The maximum atomic E-state index is 6.09. The van der Waals surface area contributed by atoms with Gasteiger partial charge in [0.15, 0.2) is 0 Å². The third-order valence-electron chi connectivity index (χ3n) is 2.02. The highest BCUT2D eigenvalue weighted by Gasteiger charge is 2.10. The summed E-state index contributed by atoms with van der Waals surface area (Å²) in [6.07, 6.45) is 5.85. The maximum Gasteiger partial charge on any atom is 0.0359 e. The fourth-order valence-corrected chi connectivity index (χ4v) is 1.71. The molecule has 0 fully saturated rings. The van der Waals surface area contributed by atoms with Crippen LogP contribution in [0.15, 0.2) is 0 Å². The highest BCUT2D eigenvalue weighted by molar-refractivity contribution is 7.98. The minimum atomic E-state index is 0.386. The molecule has 0 aromatic heterocycles. The Bertz CT molecular complexity index is 85.6. The zero-order chi connectivity index (χ0) is 8.69. The molecule has 68 valence electrons. The standard InChI is InChI=1S/C9H19ClS/c1-4-9(10)8(2)6-5-7-11-3/h8-9H,4-7H2,1-3H3. The second kappa shape index (κ2) is 7.30. The highest BCUT2D eigenvalue weighted by atomic mass is 35.5. The van der Waals surface area contributed by atoms with Crippen molar-refractivity contribution >= 4 is 23.4 Å². The van der Waals surface area contributed by atoms with Crippen molar-refractivity contribution in [3.63, 3.8) is 0 Å². The predicted octanol–water partition coefficient (Wildman–Crippen LogP) is 3.78. The zero-order valence-corrected chi connectivity index (χ0v) is 9.34. The molecular formula is C9H19ClS. The Morgan fingerprint density at radius 1 is 1.45 bits per heavy atom. The smallest absolute Gasteiger partial charge is 0.0359 e. The van der Waals surface area contributed by atoms with Gasteiger partial charge in [-0.2, -0.15) is 11.8 Å². The van der Waals surface area contributed by atoms with Crippen LogP contribution in [0.25, 0.3) is 0 Å². The first kappa shape index (κ1) is 11.6. The lowest BCUT2D eigenvalue weighted by Crippen LogP contribution is -2.10. The van der Waals surface area contributed by atoms with Crippen molar-refractivity contribution in [2.24, 2.45) is 5.92 Å². The van der Waals surface area contributed by atoms with Gasteiger partial charge in [0.25, 0.3) is 0 Å². The van der Waals surface area contributed by atoms with Crippen molar-refractivity contribution in [1.29, 1.82) is 0 Å². The topological polar surface area (TPSA) is 0 Å². The van der Waals surface area contributed by atoms with Crippen LogP contribution in [0, 0.1) is 5.92 Å². The van der Waals surface area contributed by atoms with E-state index in [1.54, 1.807) is 0 Å². The van der Waals surface area contributed by atoms with Crippen LogP contribution >= 0.6 is 23.4 Å². The molecule has 0 aromatic rings. The van der Waals surface area contributed by atoms with Gasteiger partial charge in [-0.15, -0.1) is 11.6 Å². The van der Waals surface area contributed by atoms with E-state index in [1.807, 2.05) is 11.8 Å². The molecule has 0 rings (SSSR count). The van der Waals surface area contributed by atoms with E-state index in [2.05, 4.69) is 20.1 Å². The molecule has 2 atom stereocenters. The molecule has 0 saturated heterocycles. The molecule has 11 heavy (non-hydrogen) atoms. The molecule has 0 nitrogen and oxygen atoms in total. The average molecular weight is 195 g/mol. The van der Waals surface area contributed by atoms with Gasteiger partial charge < -0.3 is 0 Å². The first-order chi connectivity index (χ1) is 5.22. The monoisotopic (exact) mass is 194 g/mol. The van der Waals surface area contributed by atoms with E-state index in [4.69, 9.17) is 11.6 Å². The van der Waals surface area contributed by atoms with Gasteiger partial charge in [0.2, 0.25) is 0 Å². The Balaban J connectivity index is 3.28. The Hall–Kier alpha value is 0.640. The van der Waals surface area contributed by atoms with Gasteiger partial charge in [-0.25, -0.2) is 0 Å². The summed E-state index contributed by atoms with van der Waals surface area (Å²) in [7, 11) is 0. The minimum Gasteiger partial charge on any atom is -0.165 e. The third-order valence-corrected chi connectivity index (χ3v) is 3.45. The molecule has 0 N–H and O–H groups in total. The van der Waals surface area contributed by atoms with Gasteiger partial charge in [0.1, 0.15) is 0 Å².